The lowest BCUT2D eigenvalue weighted by Gasteiger charge is -2.13. The highest BCUT2D eigenvalue weighted by Gasteiger charge is 2.06. The molecule has 0 spiro atoms. The molecule has 0 radical (unpaired) electrons. The molecular weight excluding hydrogens is 242 g/mol. The number of hydrogen-bond acceptors (Lipinski definition) is 5. The van der Waals surface area contributed by atoms with E-state index >= 15 is 0 Å². The lowest BCUT2D eigenvalue weighted by molar-refractivity contribution is 0.0615. The van der Waals surface area contributed by atoms with E-state index in [0.29, 0.717) is 25.3 Å². The number of nitrogen functional groups attached to an aromatic ring is 1. The predicted molar refractivity (Wildman–Crippen MR) is 77.1 cm³/mol. The molecular formula is C14H19N3O2. The number of aromatic nitrogens is 1. The molecule has 0 aliphatic carbocycles. The van der Waals surface area contributed by atoms with Gasteiger partial charge in [0.15, 0.2) is 0 Å². The summed E-state index contributed by atoms with van der Waals surface area (Å²) < 4.78 is 4.89. The number of rotatable bonds is 6. The molecule has 1 heterocycles. The number of anilines is 2. The Morgan fingerprint density at radius 2 is 2.21 bits per heavy atom. The Kier molecular flexibility index (Phi) is 4.54. The number of nitrogens with one attached hydrogen (secondary N) is 1. The van der Waals surface area contributed by atoms with Crippen molar-refractivity contribution in [3.8, 4) is 0 Å². The monoisotopic (exact) mass is 261 g/mol. The van der Waals surface area contributed by atoms with Crippen molar-refractivity contribution < 1.29 is 9.84 Å². The summed E-state index contributed by atoms with van der Waals surface area (Å²) in [5.74, 6) is 0. The van der Waals surface area contributed by atoms with E-state index in [1.807, 2.05) is 18.2 Å². The molecule has 1 unspecified atom stereocenters. The second-order valence-corrected chi connectivity index (χ2v) is 4.45. The quantitative estimate of drug-likeness (QED) is 0.689. The van der Waals surface area contributed by atoms with E-state index in [0.717, 1.165) is 16.5 Å². The van der Waals surface area contributed by atoms with Gasteiger partial charge in [-0.25, -0.2) is 0 Å². The summed E-state index contributed by atoms with van der Waals surface area (Å²) in [6.07, 6.45) is 3.69. The van der Waals surface area contributed by atoms with E-state index in [1.165, 1.54) is 0 Å². The zero-order valence-electron chi connectivity index (χ0n) is 11.0. The first-order valence-electron chi connectivity index (χ1n) is 6.25. The smallest absolute Gasteiger partial charge is 0.0790 e. The Morgan fingerprint density at radius 3 is 3.00 bits per heavy atom. The maximum Gasteiger partial charge on any atom is 0.0790 e. The van der Waals surface area contributed by atoms with Gasteiger partial charge in [0.05, 0.1) is 12.7 Å². The number of nitrogens with two attached hydrogens (primary N) is 1. The average molecular weight is 261 g/mol. The summed E-state index contributed by atoms with van der Waals surface area (Å²) in [5, 5.41) is 14.9. The third kappa shape index (κ3) is 3.33. The first kappa shape index (κ1) is 13.6. The maximum absolute atomic E-state index is 9.59. The van der Waals surface area contributed by atoms with E-state index in [9.17, 15) is 5.11 Å². The van der Waals surface area contributed by atoms with Crippen molar-refractivity contribution in [1.29, 1.82) is 0 Å². The van der Waals surface area contributed by atoms with Crippen LogP contribution in [-0.4, -0.2) is 36.5 Å². The van der Waals surface area contributed by atoms with Gasteiger partial charge < -0.3 is 20.9 Å². The molecule has 19 heavy (non-hydrogen) atoms. The van der Waals surface area contributed by atoms with Crippen LogP contribution in [0.5, 0.6) is 0 Å². The lowest BCUT2D eigenvalue weighted by atomic mass is 10.1. The van der Waals surface area contributed by atoms with Gasteiger partial charge in [-0.05, 0) is 24.6 Å². The Labute approximate surface area is 112 Å². The third-order valence-electron chi connectivity index (χ3n) is 3.00. The van der Waals surface area contributed by atoms with Crippen molar-refractivity contribution in [2.45, 2.75) is 12.5 Å². The van der Waals surface area contributed by atoms with Gasteiger partial charge >= 0.3 is 0 Å². The molecule has 5 heteroatoms. The fourth-order valence-corrected chi connectivity index (χ4v) is 2.02. The standard InChI is InChI=1S/C14H19N3O2/c1-19-9-10(18)4-7-17-14-3-2-13(15)12-8-16-6-5-11(12)14/h2-3,5-6,8,10,17-18H,4,7,9,15H2,1H3. The number of aliphatic hydroxyl groups is 1. The zero-order chi connectivity index (χ0) is 13.7. The summed E-state index contributed by atoms with van der Waals surface area (Å²) in [7, 11) is 1.58. The van der Waals surface area contributed by atoms with Gasteiger partial charge in [-0.1, -0.05) is 0 Å². The van der Waals surface area contributed by atoms with Crippen LogP contribution < -0.4 is 11.1 Å². The second-order valence-electron chi connectivity index (χ2n) is 4.45. The molecule has 4 N–H and O–H groups in total. The van der Waals surface area contributed by atoms with Crippen molar-refractivity contribution in [3.63, 3.8) is 0 Å². The fraction of sp³-hybridized carbons (Fsp3) is 0.357. The summed E-state index contributed by atoms with van der Waals surface area (Å²) in [6, 6.07) is 5.73. The molecule has 0 aliphatic heterocycles. The molecule has 102 valence electrons. The molecule has 2 rings (SSSR count). The van der Waals surface area contributed by atoms with Crippen molar-refractivity contribution in [1.82, 2.24) is 4.98 Å². The van der Waals surface area contributed by atoms with Crippen LogP contribution in [0, 0.1) is 0 Å². The van der Waals surface area contributed by atoms with Gasteiger partial charge in [-0.15, -0.1) is 0 Å². The summed E-state index contributed by atoms with van der Waals surface area (Å²) >= 11 is 0. The minimum atomic E-state index is -0.445. The Bertz CT molecular complexity index is 545. The van der Waals surface area contributed by atoms with Crippen molar-refractivity contribution in [2.24, 2.45) is 0 Å². The zero-order valence-corrected chi connectivity index (χ0v) is 11.0. The molecule has 1 aromatic heterocycles. The highest BCUT2D eigenvalue weighted by Crippen LogP contribution is 2.27. The van der Waals surface area contributed by atoms with Gasteiger partial charge in [0.2, 0.25) is 0 Å². The van der Waals surface area contributed by atoms with Crippen LogP contribution >= 0.6 is 0 Å². The molecule has 0 saturated heterocycles. The summed E-state index contributed by atoms with van der Waals surface area (Å²) in [5.41, 5.74) is 7.63. The molecule has 0 amide bonds. The molecule has 1 aromatic carbocycles. The molecule has 0 bridgehead atoms. The number of pyridine rings is 1. The number of hydrogen-bond donors (Lipinski definition) is 3. The minimum Gasteiger partial charge on any atom is -0.398 e. The normalized spacial score (nSPS) is 12.5. The van der Waals surface area contributed by atoms with Crippen molar-refractivity contribution in [2.75, 3.05) is 31.3 Å². The SMILES string of the molecule is COCC(O)CCNc1ccc(N)c2cnccc12. The van der Waals surface area contributed by atoms with Gasteiger partial charge in [0.1, 0.15) is 0 Å². The molecule has 1 atom stereocenters. The molecule has 0 saturated carbocycles. The predicted octanol–water partition coefficient (Wildman–Crippen LogP) is 1.63. The molecule has 5 nitrogen and oxygen atoms in total. The van der Waals surface area contributed by atoms with Crippen LogP contribution in [0.1, 0.15) is 6.42 Å². The Balaban J connectivity index is 2.07. The van der Waals surface area contributed by atoms with Gasteiger partial charge in [0.25, 0.3) is 0 Å². The highest BCUT2D eigenvalue weighted by atomic mass is 16.5. The first-order valence-corrected chi connectivity index (χ1v) is 6.25. The minimum absolute atomic E-state index is 0.355. The molecule has 0 fully saturated rings. The third-order valence-corrected chi connectivity index (χ3v) is 3.00. The number of fused-ring (bicyclic) bond motifs is 1. The highest BCUT2D eigenvalue weighted by molar-refractivity contribution is 6.00. The van der Waals surface area contributed by atoms with Crippen LogP contribution in [0.2, 0.25) is 0 Å². The van der Waals surface area contributed by atoms with E-state index in [2.05, 4.69) is 10.3 Å². The maximum atomic E-state index is 9.59. The number of nitrogens with zero attached hydrogens (tertiary/aromatic N) is 1. The van der Waals surface area contributed by atoms with E-state index in [4.69, 9.17) is 10.5 Å². The Morgan fingerprint density at radius 1 is 1.37 bits per heavy atom. The lowest BCUT2D eigenvalue weighted by Crippen LogP contribution is -2.18. The number of benzene rings is 1. The Hall–Kier alpha value is -1.85. The van der Waals surface area contributed by atoms with Crippen LogP contribution in [-0.2, 0) is 4.74 Å². The van der Waals surface area contributed by atoms with Crippen molar-refractivity contribution >= 4 is 22.1 Å². The van der Waals surface area contributed by atoms with E-state index in [-0.39, 0.29) is 0 Å². The van der Waals surface area contributed by atoms with Gasteiger partial charge in [-0.2, -0.15) is 0 Å². The topological polar surface area (TPSA) is 80.4 Å². The van der Waals surface area contributed by atoms with Crippen molar-refractivity contribution in [3.05, 3.63) is 30.6 Å². The number of ether oxygens (including phenoxy) is 1. The van der Waals surface area contributed by atoms with Gasteiger partial charge in [-0.3, -0.25) is 4.98 Å². The van der Waals surface area contributed by atoms with Crippen LogP contribution in [0.15, 0.2) is 30.6 Å². The van der Waals surface area contributed by atoms with Crippen LogP contribution in [0.4, 0.5) is 11.4 Å². The molecule has 0 aliphatic rings. The number of methoxy groups -OCH3 is 1. The second kappa shape index (κ2) is 6.36. The van der Waals surface area contributed by atoms with Crippen LogP contribution in [0.3, 0.4) is 0 Å². The molecule has 2 aromatic rings. The number of aliphatic hydroxyl groups excluding tert-OH is 1. The largest absolute Gasteiger partial charge is 0.398 e. The average Bonchev–Trinajstić information content (AvgIpc) is 2.42. The van der Waals surface area contributed by atoms with Crippen LogP contribution in [0.25, 0.3) is 10.8 Å². The summed E-state index contributed by atoms with van der Waals surface area (Å²) in [4.78, 5) is 4.08. The van der Waals surface area contributed by atoms with E-state index in [1.54, 1.807) is 19.5 Å². The first-order chi connectivity index (χ1) is 9.22. The fourth-order valence-electron chi connectivity index (χ4n) is 2.02. The van der Waals surface area contributed by atoms with Gasteiger partial charge in [0, 0.05) is 48.2 Å². The summed E-state index contributed by atoms with van der Waals surface area (Å²) in [6.45, 7) is 1.03. The van der Waals surface area contributed by atoms with E-state index < -0.39 is 6.10 Å².